The molecule has 17 heavy (non-hydrogen) atoms. The molecule has 4 atom stereocenters. The molecule has 1 aliphatic heterocycles. The lowest BCUT2D eigenvalue weighted by molar-refractivity contribution is -0.166. The highest BCUT2D eigenvalue weighted by molar-refractivity contribution is 5.28. The van der Waals surface area contributed by atoms with Gasteiger partial charge in [0.2, 0.25) is 0 Å². The standard InChI is InChI=1S/C13H22O4/c1-12(2,3)6-7-8(14)9(15)11-10(7)16-13(4,5)17-11/h6,8-11,14-15H,1-5H3/b7-6+/t8-,9-,10-,11+/m1/s1. The highest BCUT2D eigenvalue weighted by atomic mass is 16.8. The quantitative estimate of drug-likeness (QED) is 0.627. The zero-order valence-corrected chi connectivity index (χ0v) is 11.1. The topological polar surface area (TPSA) is 58.9 Å². The summed E-state index contributed by atoms with van der Waals surface area (Å²) in [7, 11) is 0. The molecule has 0 aromatic rings. The predicted octanol–water partition coefficient (Wildman–Crippen LogP) is 1.21. The lowest BCUT2D eigenvalue weighted by Crippen LogP contribution is -2.34. The van der Waals surface area contributed by atoms with Crippen LogP contribution in [0.5, 0.6) is 0 Å². The molecule has 1 saturated heterocycles. The van der Waals surface area contributed by atoms with Crippen molar-refractivity contribution in [3.8, 4) is 0 Å². The molecule has 0 unspecified atom stereocenters. The fourth-order valence-corrected chi connectivity index (χ4v) is 2.51. The van der Waals surface area contributed by atoms with Crippen LogP contribution in [0.25, 0.3) is 0 Å². The van der Waals surface area contributed by atoms with Gasteiger partial charge in [-0.2, -0.15) is 0 Å². The van der Waals surface area contributed by atoms with Crippen molar-refractivity contribution in [1.29, 1.82) is 0 Å². The van der Waals surface area contributed by atoms with E-state index in [2.05, 4.69) is 0 Å². The highest BCUT2D eigenvalue weighted by Gasteiger charge is 2.55. The number of rotatable bonds is 0. The number of ether oxygens (including phenoxy) is 2. The number of allylic oxidation sites excluding steroid dienone is 1. The maximum atomic E-state index is 10.0. The molecule has 4 nitrogen and oxygen atoms in total. The van der Waals surface area contributed by atoms with Gasteiger partial charge in [-0.1, -0.05) is 26.8 Å². The van der Waals surface area contributed by atoms with Crippen molar-refractivity contribution in [2.75, 3.05) is 0 Å². The number of aliphatic hydroxyl groups excluding tert-OH is 2. The summed E-state index contributed by atoms with van der Waals surface area (Å²) in [4.78, 5) is 0. The van der Waals surface area contributed by atoms with Gasteiger partial charge in [-0.05, 0) is 24.8 Å². The minimum Gasteiger partial charge on any atom is -0.387 e. The average Bonchev–Trinajstić information content (AvgIpc) is 2.54. The normalized spacial score (nSPS) is 43.1. The first kappa shape index (κ1) is 13.0. The van der Waals surface area contributed by atoms with Gasteiger partial charge in [0.25, 0.3) is 0 Å². The van der Waals surface area contributed by atoms with Gasteiger partial charge < -0.3 is 19.7 Å². The summed E-state index contributed by atoms with van der Waals surface area (Å²) < 4.78 is 11.4. The summed E-state index contributed by atoms with van der Waals surface area (Å²) in [6.45, 7) is 9.78. The Morgan fingerprint density at radius 2 is 1.76 bits per heavy atom. The summed E-state index contributed by atoms with van der Waals surface area (Å²) in [6, 6.07) is 0. The minimum absolute atomic E-state index is 0.0684. The van der Waals surface area contributed by atoms with Crippen LogP contribution in [-0.2, 0) is 9.47 Å². The van der Waals surface area contributed by atoms with E-state index >= 15 is 0 Å². The molecule has 0 radical (unpaired) electrons. The average molecular weight is 242 g/mol. The third kappa shape index (κ3) is 2.40. The monoisotopic (exact) mass is 242 g/mol. The SMILES string of the molecule is CC(C)(C)/C=C1\[C@@H](O)[C@@H](O)[C@@H]2OC(C)(C)O[C@H]12. The lowest BCUT2D eigenvalue weighted by atomic mass is 9.92. The van der Waals surface area contributed by atoms with Crippen LogP contribution in [0.4, 0.5) is 0 Å². The molecule has 0 bridgehead atoms. The molecular formula is C13H22O4. The van der Waals surface area contributed by atoms with Crippen LogP contribution in [0.3, 0.4) is 0 Å². The number of hydrogen-bond donors (Lipinski definition) is 2. The molecule has 2 aliphatic rings. The Balaban J connectivity index is 2.32. The third-order valence-corrected chi connectivity index (χ3v) is 3.06. The van der Waals surface area contributed by atoms with Crippen molar-refractivity contribution in [3.63, 3.8) is 0 Å². The molecule has 0 aromatic heterocycles. The molecule has 98 valence electrons. The summed E-state index contributed by atoms with van der Waals surface area (Å²) in [5.41, 5.74) is 0.668. The maximum Gasteiger partial charge on any atom is 0.164 e. The number of hydrogen-bond acceptors (Lipinski definition) is 4. The van der Waals surface area contributed by atoms with Gasteiger partial charge in [-0.15, -0.1) is 0 Å². The molecule has 2 rings (SSSR count). The molecule has 0 aromatic carbocycles. The lowest BCUT2D eigenvalue weighted by Gasteiger charge is -2.23. The third-order valence-electron chi connectivity index (χ3n) is 3.06. The van der Waals surface area contributed by atoms with E-state index in [-0.39, 0.29) is 11.5 Å². The van der Waals surface area contributed by atoms with E-state index in [1.165, 1.54) is 0 Å². The van der Waals surface area contributed by atoms with Gasteiger partial charge in [-0.25, -0.2) is 0 Å². The Bertz CT molecular complexity index is 340. The van der Waals surface area contributed by atoms with E-state index in [9.17, 15) is 10.2 Å². The van der Waals surface area contributed by atoms with Gasteiger partial charge in [-0.3, -0.25) is 0 Å². The fourth-order valence-electron chi connectivity index (χ4n) is 2.51. The van der Waals surface area contributed by atoms with Crippen molar-refractivity contribution in [1.82, 2.24) is 0 Å². The molecular weight excluding hydrogens is 220 g/mol. The summed E-state index contributed by atoms with van der Waals surface area (Å²) in [5, 5.41) is 20.0. The summed E-state index contributed by atoms with van der Waals surface area (Å²) in [6.07, 6.45) is -0.630. The fraction of sp³-hybridized carbons (Fsp3) is 0.846. The molecule has 2 fully saturated rings. The molecule has 0 spiro atoms. The maximum absolute atomic E-state index is 10.0. The van der Waals surface area contributed by atoms with E-state index < -0.39 is 24.1 Å². The van der Waals surface area contributed by atoms with E-state index in [0.29, 0.717) is 0 Å². The van der Waals surface area contributed by atoms with Crippen LogP contribution in [0, 0.1) is 5.41 Å². The Kier molecular flexibility index (Phi) is 2.90. The zero-order chi connectivity index (χ0) is 13.0. The molecule has 1 saturated carbocycles. The Morgan fingerprint density at radius 1 is 1.18 bits per heavy atom. The van der Waals surface area contributed by atoms with Crippen LogP contribution >= 0.6 is 0 Å². The van der Waals surface area contributed by atoms with Gasteiger partial charge in [0.1, 0.15) is 24.4 Å². The van der Waals surface area contributed by atoms with E-state index in [1.54, 1.807) is 0 Å². The number of fused-ring (bicyclic) bond motifs is 1. The van der Waals surface area contributed by atoms with Crippen molar-refractivity contribution in [3.05, 3.63) is 11.6 Å². The minimum atomic E-state index is -0.907. The highest BCUT2D eigenvalue weighted by Crippen LogP contribution is 2.42. The largest absolute Gasteiger partial charge is 0.387 e. The summed E-state index contributed by atoms with van der Waals surface area (Å²) in [5.74, 6) is -0.701. The second kappa shape index (κ2) is 3.79. The molecule has 1 heterocycles. The van der Waals surface area contributed by atoms with Gasteiger partial charge in [0.15, 0.2) is 5.79 Å². The Hall–Kier alpha value is -0.420. The van der Waals surface area contributed by atoms with Crippen LogP contribution in [0.2, 0.25) is 0 Å². The summed E-state index contributed by atoms with van der Waals surface area (Å²) >= 11 is 0. The van der Waals surface area contributed by atoms with Crippen molar-refractivity contribution in [2.45, 2.75) is 64.8 Å². The molecule has 4 heteroatoms. The van der Waals surface area contributed by atoms with Gasteiger partial charge >= 0.3 is 0 Å². The number of aliphatic hydroxyl groups is 2. The van der Waals surface area contributed by atoms with Crippen molar-refractivity contribution in [2.24, 2.45) is 5.41 Å². The Morgan fingerprint density at radius 3 is 2.29 bits per heavy atom. The smallest absolute Gasteiger partial charge is 0.164 e. The first-order valence-electron chi connectivity index (χ1n) is 6.05. The van der Waals surface area contributed by atoms with Crippen LogP contribution in [-0.4, -0.2) is 40.4 Å². The molecule has 1 aliphatic carbocycles. The molecule has 2 N–H and O–H groups in total. The zero-order valence-electron chi connectivity index (χ0n) is 11.1. The molecule has 0 amide bonds. The predicted molar refractivity (Wildman–Crippen MR) is 63.4 cm³/mol. The van der Waals surface area contributed by atoms with Crippen molar-refractivity contribution >= 4 is 0 Å². The second-order valence-electron chi connectivity index (χ2n) is 6.47. The van der Waals surface area contributed by atoms with Gasteiger partial charge in [0.05, 0.1) is 0 Å². The van der Waals surface area contributed by atoms with Crippen molar-refractivity contribution < 1.29 is 19.7 Å². The van der Waals surface area contributed by atoms with Crippen LogP contribution in [0.1, 0.15) is 34.6 Å². The van der Waals surface area contributed by atoms with Crippen LogP contribution in [0.15, 0.2) is 11.6 Å². The second-order valence-corrected chi connectivity index (χ2v) is 6.47. The van der Waals surface area contributed by atoms with Crippen LogP contribution < -0.4 is 0 Å². The van der Waals surface area contributed by atoms with Gasteiger partial charge in [0, 0.05) is 0 Å². The van der Waals surface area contributed by atoms with E-state index in [1.807, 2.05) is 40.7 Å². The van der Waals surface area contributed by atoms with E-state index in [0.717, 1.165) is 5.57 Å². The Labute approximate surface area is 102 Å². The first-order valence-corrected chi connectivity index (χ1v) is 6.05. The van der Waals surface area contributed by atoms with E-state index in [4.69, 9.17) is 9.47 Å². The first-order chi connectivity index (χ1) is 7.61.